The van der Waals surface area contributed by atoms with Gasteiger partial charge in [-0.15, -0.1) is 0 Å². The minimum Gasteiger partial charge on any atom is -0.376 e. The van der Waals surface area contributed by atoms with E-state index in [1.54, 1.807) is 6.20 Å². The van der Waals surface area contributed by atoms with Gasteiger partial charge in [-0.3, -0.25) is 0 Å². The lowest BCUT2D eigenvalue weighted by Gasteiger charge is -2.28. The Morgan fingerprint density at radius 2 is 1.80 bits per heavy atom. The van der Waals surface area contributed by atoms with Crippen LogP contribution in [0.2, 0.25) is 0 Å². The molecule has 3 rings (SSSR count). The van der Waals surface area contributed by atoms with Crippen molar-refractivity contribution >= 4 is 17.5 Å². The summed E-state index contributed by atoms with van der Waals surface area (Å²) in [5, 5.41) is 2.95. The predicted octanol–water partition coefficient (Wildman–Crippen LogP) is 2.34. The van der Waals surface area contributed by atoms with Gasteiger partial charge >= 0.3 is 6.03 Å². The van der Waals surface area contributed by atoms with Gasteiger partial charge in [-0.2, -0.15) is 0 Å². The van der Waals surface area contributed by atoms with E-state index in [1.165, 1.54) is 0 Å². The highest BCUT2D eigenvalue weighted by atomic mass is 16.5. The van der Waals surface area contributed by atoms with Crippen molar-refractivity contribution in [1.29, 1.82) is 0 Å². The van der Waals surface area contributed by atoms with Crippen LogP contribution < -0.4 is 10.2 Å². The lowest BCUT2D eigenvalue weighted by Crippen LogP contribution is -2.44. The van der Waals surface area contributed by atoms with E-state index in [-0.39, 0.29) is 18.2 Å². The number of nitrogens with one attached hydrogen (secondary N) is 1. The number of urea groups is 1. The number of hydrogen-bond acceptors (Lipinski definition) is 5. The molecule has 0 radical (unpaired) electrons. The number of anilines is 2. The van der Waals surface area contributed by atoms with Gasteiger partial charge in [-0.05, 0) is 37.8 Å². The van der Waals surface area contributed by atoms with Gasteiger partial charge in [0.05, 0.1) is 24.1 Å². The van der Waals surface area contributed by atoms with Crippen LogP contribution in [0.15, 0.2) is 18.3 Å². The van der Waals surface area contributed by atoms with E-state index in [0.29, 0.717) is 18.8 Å². The first kappa shape index (κ1) is 17.9. The fourth-order valence-electron chi connectivity index (χ4n) is 3.24. The maximum Gasteiger partial charge on any atom is 0.322 e. The summed E-state index contributed by atoms with van der Waals surface area (Å²) in [4.78, 5) is 20.9. The van der Waals surface area contributed by atoms with Crippen LogP contribution in [0, 0.1) is 0 Å². The molecule has 138 valence electrons. The Kier molecular flexibility index (Phi) is 6.09. The Bertz CT molecular complexity index is 534. The highest BCUT2D eigenvalue weighted by molar-refractivity contribution is 5.89. The molecule has 2 saturated heterocycles. The average molecular weight is 348 g/mol. The molecular formula is C18H28N4O3. The van der Waals surface area contributed by atoms with Crippen molar-refractivity contribution < 1.29 is 14.3 Å². The van der Waals surface area contributed by atoms with Crippen LogP contribution >= 0.6 is 0 Å². The molecule has 2 aliphatic rings. The number of rotatable bonds is 6. The number of amides is 2. The van der Waals surface area contributed by atoms with Gasteiger partial charge < -0.3 is 24.6 Å². The quantitative estimate of drug-likeness (QED) is 0.855. The van der Waals surface area contributed by atoms with E-state index in [1.807, 2.05) is 36.0 Å². The molecule has 2 atom stereocenters. The van der Waals surface area contributed by atoms with E-state index in [9.17, 15) is 4.79 Å². The van der Waals surface area contributed by atoms with Gasteiger partial charge in [-0.25, -0.2) is 9.78 Å². The summed E-state index contributed by atoms with van der Waals surface area (Å²) in [7, 11) is 3.87. The molecule has 0 saturated carbocycles. The van der Waals surface area contributed by atoms with E-state index < -0.39 is 0 Å². The lowest BCUT2D eigenvalue weighted by molar-refractivity contribution is 0.0524. The van der Waals surface area contributed by atoms with Gasteiger partial charge in [0.1, 0.15) is 5.82 Å². The molecule has 7 nitrogen and oxygen atoms in total. The van der Waals surface area contributed by atoms with Gasteiger partial charge in [0.2, 0.25) is 0 Å². The van der Waals surface area contributed by atoms with Crippen LogP contribution in [0.1, 0.15) is 25.7 Å². The molecule has 2 aliphatic heterocycles. The number of aromatic nitrogens is 1. The molecule has 2 fully saturated rings. The second-order valence-corrected chi connectivity index (χ2v) is 6.90. The third-order valence-corrected chi connectivity index (χ3v) is 4.64. The van der Waals surface area contributed by atoms with E-state index in [0.717, 1.165) is 44.7 Å². The third-order valence-electron chi connectivity index (χ3n) is 4.64. The maximum atomic E-state index is 12.8. The van der Waals surface area contributed by atoms with Crippen LogP contribution in [0.25, 0.3) is 0 Å². The van der Waals surface area contributed by atoms with Crippen LogP contribution in [0.3, 0.4) is 0 Å². The fourth-order valence-corrected chi connectivity index (χ4v) is 3.24. The third kappa shape index (κ3) is 5.06. The molecule has 1 N–H and O–H groups in total. The molecule has 0 aromatic carbocycles. The number of carbonyl (C=O) groups excluding carboxylic acids is 1. The van der Waals surface area contributed by atoms with Crippen molar-refractivity contribution in [3.63, 3.8) is 0 Å². The average Bonchev–Trinajstić information content (AvgIpc) is 3.28. The normalized spacial score (nSPS) is 22.8. The summed E-state index contributed by atoms with van der Waals surface area (Å²) in [6, 6.07) is 3.64. The zero-order chi connectivity index (χ0) is 17.6. The Balaban J connectivity index is 1.62. The summed E-state index contributed by atoms with van der Waals surface area (Å²) in [5.41, 5.74) is 0.695. The van der Waals surface area contributed by atoms with Crippen molar-refractivity contribution in [2.45, 2.75) is 37.9 Å². The molecule has 1 aromatic heterocycles. The molecule has 2 unspecified atom stereocenters. The number of pyridine rings is 1. The van der Waals surface area contributed by atoms with Crippen molar-refractivity contribution in [1.82, 2.24) is 9.88 Å². The zero-order valence-electron chi connectivity index (χ0n) is 15.1. The van der Waals surface area contributed by atoms with E-state index in [4.69, 9.17) is 9.47 Å². The van der Waals surface area contributed by atoms with Crippen LogP contribution in [-0.4, -0.2) is 68.5 Å². The Labute approximate surface area is 149 Å². The first-order valence-electron chi connectivity index (χ1n) is 9.04. The number of nitrogens with zero attached hydrogens (tertiary/aromatic N) is 3. The largest absolute Gasteiger partial charge is 0.376 e. The molecule has 0 aliphatic carbocycles. The van der Waals surface area contributed by atoms with E-state index in [2.05, 4.69) is 10.3 Å². The monoisotopic (exact) mass is 348 g/mol. The molecule has 1 aromatic rings. The predicted molar refractivity (Wildman–Crippen MR) is 97.1 cm³/mol. The first-order valence-corrected chi connectivity index (χ1v) is 9.04. The minimum absolute atomic E-state index is 0.120. The smallest absolute Gasteiger partial charge is 0.322 e. The first-order chi connectivity index (χ1) is 12.1. The summed E-state index contributed by atoms with van der Waals surface area (Å²) >= 11 is 0. The Hall–Kier alpha value is -1.86. The van der Waals surface area contributed by atoms with Gasteiger partial charge in [0.25, 0.3) is 0 Å². The molecule has 7 heteroatoms. The van der Waals surface area contributed by atoms with E-state index >= 15 is 0 Å². The summed E-state index contributed by atoms with van der Waals surface area (Å²) in [6.07, 6.45) is 6.08. The van der Waals surface area contributed by atoms with Crippen LogP contribution in [-0.2, 0) is 9.47 Å². The van der Waals surface area contributed by atoms with Gasteiger partial charge in [-0.1, -0.05) is 0 Å². The van der Waals surface area contributed by atoms with Gasteiger partial charge in [0, 0.05) is 40.4 Å². The van der Waals surface area contributed by atoms with Crippen molar-refractivity contribution in [2.75, 3.05) is 50.6 Å². The minimum atomic E-state index is -0.120. The number of carbonyl (C=O) groups is 1. The highest BCUT2D eigenvalue weighted by Crippen LogP contribution is 2.19. The number of ether oxygens (including phenoxy) is 2. The highest BCUT2D eigenvalue weighted by Gasteiger charge is 2.27. The SMILES string of the molecule is CN(C)c1ccc(NC(=O)N(CC2CCCO2)CC2CCCO2)cn1. The summed E-state index contributed by atoms with van der Waals surface area (Å²) in [5.74, 6) is 0.855. The molecule has 0 bridgehead atoms. The molecule has 0 spiro atoms. The molecule has 3 heterocycles. The Morgan fingerprint density at radius 3 is 2.24 bits per heavy atom. The molecule has 25 heavy (non-hydrogen) atoms. The fraction of sp³-hybridized carbons (Fsp3) is 0.667. The van der Waals surface area contributed by atoms with Gasteiger partial charge in [0.15, 0.2) is 0 Å². The molecule has 2 amide bonds. The van der Waals surface area contributed by atoms with Crippen LogP contribution in [0.4, 0.5) is 16.3 Å². The molecular weight excluding hydrogens is 320 g/mol. The second kappa shape index (κ2) is 8.49. The van der Waals surface area contributed by atoms with Crippen molar-refractivity contribution in [3.05, 3.63) is 18.3 Å². The van der Waals surface area contributed by atoms with Crippen molar-refractivity contribution in [2.24, 2.45) is 0 Å². The number of hydrogen-bond donors (Lipinski definition) is 1. The summed E-state index contributed by atoms with van der Waals surface area (Å²) < 4.78 is 11.4. The topological polar surface area (TPSA) is 66.9 Å². The second-order valence-electron chi connectivity index (χ2n) is 6.90. The van der Waals surface area contributed by atoms with Crippen LogP contribution in [0.5, 0.6) is 0 Å². The zero-order valence-corrected chi connectivity index (χ0v) is 15.1. The standard InChI is InChI=1S/C18H28N4O3/c1-21(2)17-8-7-14(11-19-17)20-18(23)22(12-15-5-3-9-24-15)13-16-6-4-10-25-16/h7-8,11,15-16H,3-6,9-10,12-13H2,1-2H3,(H,20,23). The Morgan fingerprint density at radius 1 is 1.16 bits per heavy atom. The lowest BCUT2D eigenvalue weighted by atomic mass is 10.2. The maximum absolute atomic E-state index is 12.8. The summed E-state index contributed by atoms with van der Waals surface area (Å²) in [6.45, 7) is 2.79. The van der Waals surface area contributed by atoms with Crippen molar-refractivity contribution in [3.8, 4) is 0 Å².